The molecule has 0 heterocycles. The van der Waals surface area contributed by atoms with E-state index >= 15 is 0 Å². The van der Waals surface area contributed by atoms with Crippen LogP contribution in [0.5, 0.6) is 17.2 Å². The van der Waals surface area contributed by atoms with E-state index in [4.69, 9.17) is 14.2 Å². The van der Waals surface area contributed by atoms with Crippen molar-refractivity contribution in [1.29, 1.82) is 0 Å². The molecule has 0 aromatic heterocycles. The predicted octanol–water partition coefficient (Wildman–Crippen LogP) is 2.19. The van der Waals surface area contributed by atoms with Gasteiger partial charge in [-0.1, -0.05) is 6.07 Å². The third-order valence-corrected chi connectivity index (χ3v) is 2.03. The van der Waals surface area contributed by atoms with Gasteiger partial charge in [0.2, 0.25) is 5.75 Å². The summed E-state index contributed by atoms with van der Waals surface area (Å²) >= 11 is 4.46. The smallest absolute Gasteiger partial charge is 0.203 e. The number of benzene rings is 1. The predicted molar refractivity (Wildman–Crippen MR) is 64.9 cm³/mol. The first-order chi connectivity index (χ1) is 7.83. The number of aliphatic imine (C=N–C) groups is 1. The minimum Gasteiger partial charge on any atom is -0.493 e. The molecule has 0 saturated heterocycles. The third kappa shape index (κ3) is 3.22. The summed E-state index contributed by atoms with van der Waals surface area (Å²) in [5, 5.41) is 2.28. The van der Waals surface area contributed by atoms with Crippen LogP contribution in [0.25, 0.3) is 0 Å². The maximum atomic E-state index is 5.52. The summed E-state index contributed by atoms with van der Waals surface area (Å²) in [7, 11) is 3.16. The highest BCUT2D eigenvalue weighted by Crippen LogP contribution is 2.36. The highest BCUT2D eigenvalue weighted by atomic mass is 32.1. The molecule has 1 aromatic rings. The minimum atomic E-state index is 0.403. The van der Waals surface area contributed by atoms with Crippen molar-refractivity contribution >= 4 is 17.4 Å². The van der Waals surface area contributed by atoms with Crippen LogP contribution < -0.4 is 14.2 Å². The zero-order valence-electron chi connectivity index (χ0n) is 9.23. The summed E-state index contributed by atoms with van der Waals surface area (Å²) in [5.41, 5.74) is 0. The Morgan fingerprint density at radius 2 is 1.88 bits per heavy atom. The Labute approximate surface area is 99.9 Å². The van der Waals surface area contributed by atoms with Gasteiger partial charge in [0, 0.05) is 0 Å². The number of nitrogens with zero attached hydrogens (tertiary/aromatic N) is 1. The lowest BCUT2D eigenvalue weighted by atomic mass is 10.3. The van der Waals surface area contributed by atoms with Crippen molar-refractivity contribution in [3.05, 3.63) is 18.2 Å². The number of rotatable bonds is 6. The van der Waals surface area contributed by atoms with Gasteiger partial charge < -0.3 is 14.2 Å². The highest BCUT2D eigenvalue weighted by molar-refractivity contribution is 7.78. The van der Waals surface area contributed by atoms with E-state index in [1.807, 2.05) is 6.07 Å². The van der Waals surface area contributed by atoms with Gasteiger partial charge in [-0.05, 0) is 24.4 Å². The molecule has 1 rings (SSSR count). The fourth-order valence-corrected chi connectivity index (χ4v) is 1.29. The van der Waals surface area contributed by atoms with Crippen LogP contribution in [-0.4, -0.2) is 32.5 Å². The summed E-state index contributed by atoms with van der Waals surface area (Å²) < 4.78 is 15.9. The van der Waals surface area contributed by atoms with E-state index in [-0.39, 0.29) is 0 Å². The number of ether oxygens (including phenoxy) is 3. The average Bonchev–Trinajstić information content (AvgIpc) is 2.34. The van der Waals surface area contributed by atoms with Gasteiger partial charge >= 0.3 is 0 Å². The largest absolute Gasteiger partial charge is 0.493 e. The van der Waals surface area contributed by atoms with E-state index in [0.29, 0.717) is 30.4 Å². The molecule has 0 bridgehead atoms. The molecule has 0 aliphatic rings. The summed E-state index contributed by atoms with van der Waals surface area (Å²) in [6.45, 7) is 0.866. The lowest BCUT2D eigenvalue weighted by Crippen LogP contribution is -2.03. The van der Waals surface area contributed by atoms with E-state index in [0.717, 1.165) is 0 Å². The zero-order chi connectivity index (χ0) is 11.8. The van der Waals surface area contributed by atoms with Crippen LogP contribution >= 0.6 is 12.2 Å². The van der Waals surface area contributed by atoms with Crippen molar-refractivity contribution < 1.29 is 14.2 Å². The van der Waals surface area contributed by atoms with Gasteiger partial charge in [0.15, 0.2) is 11.5 Å². The second-order valence-corrected chi connectivity index (χ2v) is 3.00. The molecular weight excluding hydrogens is 226 g/mol. The summed E-state index contributed by atoms with van der Waals surface area (Å²) in [4.78, 5) is 3.76. The standard InChI is InChI=1S/C11H13NO3S/c1-13-9-4-3-5-10(14-2)11(9)15-7-6-12-8-16/h3-5H,6-7H2,1-2H3. The van der Waals surface area contributed by atoms with E-state index in [1.54, 1.807) is 26.4 Å². The number of isothiocyanates is 1. The van der Waals surface area contributed by atoms with Gasteiger partial charge in [-0.15, -0.1) is 0 Å². The van der Waals surface area contributed by atoms with Gasteiger partial charge in [-0.2, -0.15) is 0 Å². The molecular formula is C11H13NO3S. The quantitative estimate of drug-likeness (QED) is 0.433. The number of hydrogen-bond acceptors (Lipinski definition) is 5. The molecule has 0 radical (unpaired) electrons. The van der Waals surface area contributed by atoms with E-state index in [2.05, 4.69) is 22.4 Å². The fraction of sp³-hybridized carbons (Fsp3) is 0.364. The molecule has 0 saturated carbocycles. The number of hydrogen-bond donors (Lipinski definition) is 0. The lowest BCUT2D eigenvalue weighted by molar-refractivity contribution is 0.282. The lowest BCUT2D eigenvalue weighted by Gasteiger charge is -2.12. The maximum absolute atomic E-state index is 5.52. The molecule has 0 unspecified atom stereocenters. The van der Waals surface area contributed by atoms with Crippen LogP contribution in [0.15, 0.2) is 23.2 Å². The molecule has 86 valence electrons. The van der Waals surface area contributed by atoms with Crippen LogP contribution in [0.3, 0.4) is 0 Å². The van der Waals surface area contributed by atoms with Gasteiger partial charge in [0.25, 0.3) is 0 Å². The van der Waals surface area contributed by atoms with Crippen molar-refractivity contribution in [1.82, 2.24) is 0 Å². The Morgan fingerprint density at radius 3 is 2.38 bits per heavy atom. The molecule has 0 N–H and O–H groups in total. The van der Waals surface area contributed by atoms with Crippen molar-refractivity contribution in [3.63, 3.8) is 0 Å². The van der Waals surface area contributed by atoms with E-state index in [1.165, 1.54) is 0 Å². The second-order valence-electron chi connectivity index (χ2n) is 2.81. The van der Waals surface area contributed by atoms with Crippen LogP contribution in [0.2, 0.25) is 0 Å². The molecule has 0 aliphatic carbocycles. The first-order valence-corrected chi connectivity index (χ1v) is 5.11. The monoisotopic (exact) mass is 239 g/mol. The minimum absolute atomic E-state index is 0.403. The maximum Gasteiger partial charge on any atom is 0.203 e. The molecule has 4 nitrogen and oxygen atoms in total. The number of para-hydroxylation sites is 1. The van der Waals surface area contributed by atoms with Crippen molar-refractivity contribution in [2.75, 3.05) is 27.4 Å². The van der Waals surface area contributed by atoms with Crippen LogP contribution in [0.1, 0.15) is 0 Å². The van der Waals surface area contributed by atoms with Gasteiger partial charge in [0.05, 0.1) is 25.9 Å². The summed E-state index contributed by atoms with van der Waals surface area (Å²) in [6, 6.07) is 5.44. The first-order valence-electron chi connectivity index (χ1n) is 4.71. The van der Waals surface area contributed by atoms with E-state index in [9.17, 15) is 0 Å². The van der Waals surface area contributed by atoms with Gasteiger partial charge in [-0.3, -0.25) is 0 Å². The van der Waals surface area contributed by atoms with Crippen molar-refractivity contribution in [2.24, 2.45) is 4.99 Å². The molecule has 0 atom stereocenters. The molecule has 0 fully saturated rings. The summed E-state index contributed by atoms with van der Waals surface area (Å²) in [6.07, 6.45) is 0. The Balaban J connectivity index is 2.78. The number of methoxy groups -OCH3 is 2. The van der Waals surface area contributed by atoms with Crippen LogP contribution in [-0.2, 0) is 0 Å². The van der Waals surface area contributed by atoms with Crippen LogP contribution in [0.4, 0.5) is 0 Å². The Morgan fingerprint density at radius 1 is 1.25 bits per heavy atom. The fourth-order valence-electron chi connectivity index (χ4n) is 1.20. The average molecular weight is 239 g/mol. The SMILES string of the molecule is COc1cccc(OC)c1OCCN=C=S. The molecule has 0 spiro atoms. The number of thiocarbonyl (C=S) groups is 1. The van der Waals surface area contributed by atoms with E-state index < -0.39 is 0 Å². The first kappa shape index (κ1) is 12.5. The van der Waals surface area contributed by atoms with Crippen LogP contribution in [0, 0.1) is 0 Å². The second kappa shape index (κ2) is 6.82. The van der Waals surface area contributed by atoms with Crippen molar-refractivity contribution in [3.8, 4) is 17.2 Å². The zero-order valence-corrected chi connectivity index (χ0v) is 10.0. The van der Waals surface area contributed by atoms with Crippen molar-refractivity contribution in [2.45, 2.75) is 0 Å². The summed E-state index contributed by atoms with van der Waals surface area (Å²) in [5.74, 6) is 1.84. The molecule has 16 heavy (non-hydrogen) atoms. The van der Waals surface area contributed by atoms with Gasteiger partial charge in [-0.25, -0.2) is 4.99 Å². The third-order valence-electron chi connectivity index (χ3n) is 1.90. The van der Waals surface area contributed by atoms with Gasteiger partial charge in [0.1, 0.15) is 6.61 Å². The normalized spacial score (nSPS) is 9.12. The molecule has 0 amide bonds. The molecule has 1 aromatic carbocycles. The topological polar surface area (TPSA) is 40.0 Å². The molecule has 5 heteroatoms. The Hall–Kier alpha value is -1.58. The molecule has 0 aliphatic heterocycles. The highest BCUT2D eigenvalue weighted by Gasteiger charge is 2.10. The Bertz CT molecular complexity index is 367. The Kier molecular flexibility index (Phi) is 5.32.